The second-order valence-corrected chi connectivity index (χ2v) is 0. The molecule has 0 N–H and O–H groups in total. The van der Waals surface area contributed by atoms with Crippen molar-refractivity contribution in [3.05, 3.63) is 0 Å². The first-order chi connectivity index (χ1) is 0. The summed E-state index contributed by atoms with van der Waals surface area (Å²) in [6.45, 7) is 0. The third kappa shape index (κ3) is 8.82. The molecule has 0 heterocycles. The van der Waals surface area contributed by atoms with Gasteiger partial charge in [0.25, 0.3) is 0 Å². The molecule has 0 aliphatic carbocycles. The van der Waals surface area contributed by atoms with Crippen LogP contribution in [-0.2, 0) is 77.4 Å². The molecular formula is TiV3. The quantitative estimate of drug-likeness (QED) is 0.483. The third-order valence-electron chi connectivity index (χ3n) is 0. The van der Waals surface area contributed by atoms with Crippen molar-refractivity contribution < 1.29 is 77.4 Å². The van der Waals surface area contributed by atoms with E-state index >= 15 is 0 Å². The number of hydrogen-bond acceptors (Lipinski definition) is 0. The molecule has 0 saturated heterocycles. The zero-order valence-electron chi connectivity index (χ0n) is 1.84. The van der Waals surface area contributed by atoms with Crippen LogP contribution in [0.4, 0.5) is 0 Å². The van der Waals surface area contributed by atoms with Crippen molar-refractivity contribution in [3.8, 4) is 0 Å². The Kier molecular flexibility index (Phi) is 142. The summed E-state index contributed by atoms with van der Waals surface area (Å²) < 4.78 is 0. The van der Waals surface area contributed by atoms with Crippen molar-refractivity contribution in [1.29, 1.82) is 0 Å². The molecule has 0 aromatic carbocycles. The van der Waals surface area contributed by atoms with Crippen molar-refractivity contribution in [2.24, 2.45) is 0 Å². The normalized spacial score (nSPS) is 0. The van der Waals surface area contributed by atoms with E-state index in [2.05, 4.69) is 0 Å². The van der Waals surface area contributed by atoms with E-state index in [1.807, 2.05) is 0 Å². The Morgan fingerprint density at radius 1 is 0.500 bits per heavy atom. The average molecular weight is 201 g/mol. The first kappa shape index (κ1) is 31.8. The second-order valence-electron chi connectivity index (χ2n) is 0. The van der Waals surface area contributed by atoms with Gasteiger partial charge >= 0.3 is 0 Å². The molecule has 0 atom stereocenters. The molecule has 0 bridgehead atoms. The minimum Gasteiger partial charge on any atom is 0 e. The predicted molar refractivity (Wildman–Crippen MR) is 0 cm³/mol. The molecule has 19 valence electrons. The van der Waals surface area contributed by atoms with Crippen LogP contribution in [-0.4, -0.2) is 0 Å². The maximum absolute atomic E-state index is 0. The van der Waals surface area contributed by atoms with Crippen LogP contribution in [0.1, 0.15) is 0 Å². The summed E-state index contributed by atoms with van der Waals surface area (Å²) in [6, 6.07) is 0. The SMILES string of the molecule is [Ti].[V].[V].[V]. The minimum absolute atomic E-state index is 0. The fraction of sp³-hybridized carbons (Fsp3) is 0. The largest absolute Gasteiger partial charge is 0 e. The topological polar surface area (TPSA) is 0 Å². The van der Waals surface area contributed by atoms with E-state index in [0.717, 1.165) is 0 Å². The van der Waals surface area contributed by atoms with Gasteiger partial charge < -0.3 is 0 Å². The monoisotopic (exact) mass is 201 g/mol. The zero-order valence-corrected chi connectivity index (χ0v) is 7.59. The van der Waals surface area contributed by atoms with Gasteiger partial charge in [0.2, 0.25) is 0 Å². The molecule has 0 amide bonds. The van der Waals surface area contributed by atoms with Gasteiger partial charge in [0.05, 0.1) is 0 Å². The van der Waals surface area contributed by atoms with Crippen LogP contribution in [0, 0.1) is 0 Å². The Morgan fingerprint density at radius 2 is 0.500 bits per heavy atom. The Labute approximate surface area is 76.4 Å². The van der Waals surface area contributed by atoms with Crippen molar-refractivity contribution in [1.82, 2.24) is 0 Å². The van der Waals surface area contributed by atoms with Crippen molar-refractivity contribution >= 4 is 0 Å². The zero-order chi connectivity index (χ0) is 0. The van der Waals surface area contributed by atoms with Gasteiger partial charge in [-0.25, -0.2) is 0 Å². The van der Waals surface area contributed by atoms with Crippen molar-refractivity contribution in [2.45, 2.75) is 0 Å². The minimum atomic E-state index is 0. The van der Waals surface area contributed by atoms with Gasteiger partial charge in [-0.15, -0.1) is 0 Å². The standard InChI is InChI=1S/Ti.3V. The molecule has 0 fully saturated rings. The van der Waals surface area contributed by atoms with Crippen molar-refractivity contribution in [2.75, 3.05) is 0 Å². The Hall–Kier alpha value is 2.47. The fourth-order valence-electron chi connectivity index (χ4n) is 0. The summed E-state index contributed by atoms with van der Waals surface area (Å²) in [6.07, 6.45) is 0. The Morgan fingerprint density at radius 3 is 0.500 bits per heavy atom. The molecule has 0 spiro atoms. The van der Waals surface area contributed by atoms with Crippen LogP contribution < -0.4 is 0 Å². The van der Waals surface area contributed by atoms with E-state index in [1.165, 1.54) is 0 Å². The first-order valence-corrected chi connectivity index (χ1v) is 0. The summed E-state index contributed by atoms with van der Waals surface area (Å²) in [5, 5.41) is 0. The molecule has 0 aliphatic rings. The van der Waals surface area contributed by atoms with Crippen LogP contribution in [0.3, 0.4) is 0 Å². The molecule has 4 heteroatoms. The van der Waals surface area contributed by atoms with Crippen LogP contribution in [0.25, 0.3) is 0 Å². The molecule has 0 aliphatic heterocycles. The maximum Gasteiger partial charge on any atom is 0 e. The molecule has 3 radical (unpaired) electrons. The van der Waals surface area contributed by atoms with Crippen molar-refractivity contribution in [3.63, 3.8) is 0 Å². The molecule has 0 aromatic rings. The Balaban J connectivity index is 0. The van der Waals surface area contributed by atoms with E-state index in [0.29, 0.717) is 0 Å². The third-order valence-corrected chi connectivity index (χ3v) is 0. The number of rotatable bonds is 0. The molecule has 4 heavy (non-hydrogen) atoms. The van der Waals surface area contributed by atoms with E-state index in [9.17, 15) is 0 Å². The first-order valence-electron chi connectivity index (χ1n) is 0. The van der Waals surface area contributed by atoms with Gasteiger partial charge in [-0.05, 0) is 0 Å². The van der Waals surface area contributed by atoms with Crippen LogP contribution in [0.2, 0.25) is 0 Å². The van der Waals surface area contributed by atoms with Gasteiger partial charge in [0.1, 0.15) is 0 Å². The molecule has 0 rings (SSSR count). The van der Waals surface area contributed by atoms with E-state index < -0.39 is 0 Å². The molecule has 0 aromatic heterocycles. The molecular weight excluding hydrogens is 201 g/mol. The second kappa shape index (κ2) is 17.9. The van der Waals surface area contributed by atoms with E-state index in [4.69, 9.17) is 0 Å². The fourth-order valence-corrected chi connectivity index (χ4v) is 0. The summed E-state index contributed by atoms with van der Waals surface area (Å²) in [5.41, 5.74) is 0. The van der Waals surface area contributed by atoms with Gasteiger partial charge in [-0.2, -0.15) is 0 Å². The predicted octanol–water partition coefficient (Wildman–Crippen LogP) is -0.0100. The van der Waals surface area contributed by atoms with Crippen LogP contribution in [0.5, 0.6) is 0 Å². The van der Waals surface area contributed by atoms with Gasteiger partial charge in [0.15, 0.2) is 0 Å². The van der Waals surface area contributed by atoms with Crippen LogP contribution >= 0.6 is 0 Å². The molecule has 0 nitrogen and oxygen atoms in total. The van der Waals surface area contributed by atoms with E-state index in [-0.39, 0.29) is 77.4 Å². The maximum atomic E-state index is 0. The average Bonchev–Trinajstić information content (AvgIpc) is 0. The van der Waals surface area contributed by atoms with E-state index in [1.54, 1.807) is 0 Å². The molecule has 0 saturated carbocycles. The number of hydrogen-bond donors (Lipinski definition) is 0. The smallest absolute Gasteiger partial charge is 0 e. The summed E-state index contributed by atoms with van der Waals surface area (Å²) in [7, 11) is 0. The van der Waals surface area contributed by atoms with Gasteiger partial charge in [-0.1, -0.05) is 0 Å². The summed E-state index contributed by atoms with van der Waals surface area (Å²) in [5.74, 6) is 0. The van der Waals surface area contributed by atoms with Gasteiger partial charge in [-0.3, -0.25) is 0 Å². The van der Waals surface area contributed by atoms with Gasteiger partial charge in [0, 0.05) is 77.4 Å². The summed E-state index contributed by atoms with van der Waals surface area (Å²) in [4.78, 5) is 0. The Bertz CT molecular complexity index is 3.25. The summed E-state index contributed by atoms with van der Waals surface area (Å²) >= 11 is 0. The molecule has 0 unspecified atom stereocenters. The van der Waals surface area contributed by atoms with Crippen LogP contribution in [0.15, 0.2) is 0 Å².